The van der Waals surface area contributed by atoms with Crippen molar-refractivity contribution in [3.63, 3.8) is 0 Å². The standard InChI is InChI=1S/C26H27N5O5/c1-16(33)24(23(34)14-32)31-25(35)19-8-4-17(5-9-19)2-3-18-6-10-20(11-7-18)30-26(36)22(27)12-21-13-28-15-29-21/h4-11,13,15-16,22,24,32-33H,12,14,27H2,1H3,(H,28,29)(H,30,36)(H,31,35)/t16-,22+,24+/m1/s1. The van der Waals surface area contributed by atoms with E-state index in [0.29, 0.717) is 17.7 Å². The van der Waals surface area contributed by atoms with Crippen molar-refractivity contribution in [1.29, 1.82) is 0 Å². The average Bonchev–Trinajstić information content (AvgIpc) is 3.39. The molecule has 0 unspecified atom stereocenters. The molecular weight excluding hydrogens is 462 g/mol. The Hall–Kier alpha value is -4.30. The van der Waals surface area contributed by atoms with Crippen molar-refractivity contribution < 1.29 is 24.6 Å². The molecule has 0 fully saturated rings. The number of aromatic amines is 1. The number of hydrogen-bond donors (Lipinski definition) is 6. The third-order valence-electron chi connectivity index (χ3n) is 5.25. The molecule has 10 heteroatoms. The van der Waals surface area contributed by atoms with E-state index in [2.05, 4.69) is 32.4 Å². The quantitative estimate of drug-likeness (QED) is 0.236. The first-order valence-electron chi connectivity index (χ1n) is 11.1. The lowest BCUT2D eigenvalue weighted by molar-refractivity contribution is -0.126. The van der Waals surface area contributed by atoms with Crippen LogP contribution in [0.3, 0.4) is 0 Å². The highest BCUT2D eigenvalue weighted by atomic mass is 16.3. The van der Waals surface area contributed by atoms with Crippen LogP contribution in [0.2, 0.25) is 0 Å². The lowest BCUT2D eigenvalue weighted by atomic mass is 10.1. The molecule has 36 heavy (non-hydrogen) atoms. The number of nitrogens with one attached hydrogen (secondary N) is 3. The minimum atomic E-state index is -1.19. The van der Waals surface area contributed by atoms with Gasteiger partial charge in [-0.1, -0.05) is 11.8 Å². The van der Waals surface area contributed by atoms with E-state index in [4.69, 9.17) is 10.8 Å². The minimum Gasteiger partial charge on any atom is -0.391 e. The normalized spacial score (nSPS) is 13.0. The summed E-state index contributed by atoms with van der Waals surface area (Å²) in [7, 11) is 0. The van der Waals surface area contributed by atoms with Gasteiger partial charge >= 0.3 is 0 Å². The molecule has 7 N–H and O–H groups in total. The van der Waals surface area contributed by atoms with Gasteiger partial charge in [-0.15, -0.1) is 0 Å². The molecule has 0 aliphatic carbocycles. The summed E-state index contributed by atoms with van der Waals surface area (Å²) in [5.41, 5.74) is 8.97. The number of carbonyl (C=O) groups excluding carboxylic acids is 3. The Bertz CT molecular complexity index is 1240. The Kier molecular flexibility index (Phi) is 9.07. The van der Waals surface area contributed by atoms with Crippen LogP contribution in [0.25, 0.3) is 0 Å². The predicted molar refractivity (Wildman–Crippen MR) is 133 cm³/mol. The zero-order valence-electron chi connectivity index (χ0n) is 19.6. The summed E-state index contributed by atoms with van der Waals surface area (Å²) in [6.07, 6.45) is 2.36. The van der Waals surface area contributed by atoms with Crippen molar-refractivity contribution in [2.75, 3.05) is 11.9 Å². The number of carbonyl (C=O) groups is 3. The number of benzene rings is 2. The fourth-order valence-electron chi connectivity index (χ4n) is 3.24. The summed E-state index contributed by atoms with van der Waals surface area (Å²) in [4.78, 5) is 43.1. The first-order chi connectivity index (χ1) is 17.3. The van der Waals surface area contributed by atoms with E-state index in [1.165, 1.54) is 13.3 Å². The maximum atomic E-state index is 12.4. The fourth-order valence-corrected chi connectivity index (χ4v) is 3.24. The summed E-state index contributed by atoms with van der Waals surface area (Å²) >= 11 is 0. The predicted octanol–water partition coefficient (Wildman–Crippen LogP) is 0.359. The monoisotopic (exact) mass is 489 g/mol. The Morgan fingerprint density at radius 3 is 2.19 bits per heavy atom. The SMILES string of the molecule is C[C@@H](O)[C@H](NC(=O)c1ccc(C#Cc2ccc(NC(=O)[C@@H](N)Cc3cnc[nH]3)cc2)cc1)C(=O)CO. The summed E-state index contributed by atoms with van der Waals surface area (Å²) in [5.74, 6) is 4.46. The second kappa shape index (κ2) is 12.4. The van der Waals surface area contributed by atoms with Gasteiger partial charge in [-0.05, 0) is 55.5 Å². The van der Waals surface area contributed by atoms with Crippen LogP contribution in [0, 0.1) is 11.8 Å². The highest BCUT2D eigenvalue weighted by Crippen LogP contribution is 2.11. The van der Waals surface area contributed by atoms with Crippen molar-refractivity contribution in [2.45, 2.75) is 31.5 Å². The summed E-state index contributed by atoms with van der Waals surface area (Å²) in [5, 5.41) is 23.8. The Balaban J connectivity index is 1.57. The Morgan fingerprint density at radius 2 is 1.67 bits per heavy atom. The van der Waals surface area contributed by atoms with Gasteiger partial charge in [-0.25, -0.2) is 4.98 Å². The topological polar surface area (TPSA) is 170 Å². The smallest absolute Gasteiger partial charge is 0.251 e. The number of nitrogens with two attached hydrogens (primary N) is 1. The molecule has 0 bridgehead atoms. The molecule has 10 nitrogen and oxygen atoms in total. The van der Waals surface area contributed by atoms with E-state index in [-0.39, 0.29) is 11.5 Å². The Labute approximate surface area is 208 Å². The number of nitrogens with zero attached hydrogens (tertiary/aromatic N) is 1. The number of amides is 2. The second-order valence-electron chi connectivity index (χ2n) is 8.10. The molecule has 0 saturated carbocycles. The molecule has 3 atom stereocenters. The van der Waals surface area contributed by atoms with Gasteiger partial charge in [0.2, 0.25) is 5.91 Å². The first-order valence-corrected chi connectivity index (χ1v) is 11.1. The van der Waals surface area contributed by atoms with Gasteiger partial charge in [-0.3, -0.25) is 14.4 Å². The van der Waals surface area contributed by atoms with E-state index in [9.17, 15) is 19.5 Å². The van der Waals surface area contributed by atoms with E-state index < -0.39 is 36.5 Å². The van der Waals surface area contributed by atoms with Crippen LogP contribution in [-0.2, 0) is 16.0 Å². The third kappa shape index (κ3) is 7.35. The van der Waals surface area contributed by atoms with Crippen LogP contribution in [0.4, 0.5) is 5.69 Å². The average molecular weight is 490 g/mol. The van der Waals surface area contributed by atoms with Gasteiger partial charge < -0.3 is 31.6 Å². The molecule has 186 valence electrons. The lowest BCUT2D eigenvalue weighted by Gasteiger charge is -2.19. The largest absolute Gasteiger partial charge is 0.391 e. The van der Waals surface area contributed by atoms with Crippen molar-refractivity contribution in [3.05, 3.63) is 83.4 Å². The third-order valence-corrected chi connectivity index (χ3v) is 5.25. The summed E-state index contributed by atoms with van der Waals surface area (Å²) in [6.45, 7) is 0.576. The molecule has 0 aliphatic heterocycles. The molecule has 0 saturated heterocycles. The van der Waals surface area contributed by atoms with E-state index in [1.807, 2.05) is 0 Å². The Morgan fingerprint density at radius 1 is 1.06 bits per heavy atom. The zero-order valence-corrected chi connectivity index (χ0v) is 19.6. The van der Waals surface area contributed by atoms with Crippen LogP contribution < -0.4 is 16.4 Å². The fraction of sp³-hybridized carbons (Fsp3) is 0.231. The van der Waals surface area contributed by atoms with Gasteiger partial charge in [0.05, 0.1) is 18.5 Å². The van der Waals surface area contributed by atoms with Crippen molar-refractivity contribution in [3.8, 4) is 11.8 Å². The molecular formula is C26H27N5O5. The van der Waals surface area contributed by atoms with Crippen molar-refractivity contribution >= 4 is 23.3 Å². The highest BCUT2D eigenvalue weighted by molar-refractivity contribution is 5.98. The number of rotatable bonds is 9. The highest BCUT2D eigenvalue weighted by Gasteiger charge is 2.25. The number of hydrogen-bond acceptors (Lipinski definition) is 7. The molecule has 3 aromatic rings. The van der Waals surface area contributed by atoms with Gasteiger partial charge in [0, 0.05) is 40.7 Å². The van der Waals surface area contributed by atoms with Gasteiger partial charge in [0.25, 0.3) is 5.91 Å². The molecule has 2 amide bonds. The number of aliphatic hydroxyl groups excluding tert-OH is 2. The summed E-state index contributed by atoms with van der Waals surface area (Å²) in [6, 6.07) is 11.5. The molecule has 2 aromatic carbocycles. The first kappa shape index (κ1) is 26.3. The maximum absolute atomic E-state index is 12.4. The van der Waals surface area contributed by atoms with Crippen molar-refractivity contribution in [1.82, 2.24) is 15.3 Å². The lowest BCUT2D eigenvalue weighted by Crippen LogP contribution is -2.48. The molecule has 3 rings (SSSR count). The number of H-pyrrole nitrogens is 1. The van der Waals surface area contributed by atoms with Crippen LogP contribution in [0.5, 0.6) is 0 Å². The van der Waals surface area contributed by atoms with Gasteiger partial charge in [0.1, 0.15) is 12.6 Å². The van der Waals surface area contributed by atoms with Crippen molar-refractivity contribution in [2.24, 2.45) is 5.73 Å². The molecule has 0 spiro atoms. The number of anilines is 1. The number of aromatic nitrogens is 2. The number of Topliss-reactive ketones (excluding diaryl/α,β-unsaturated/α-hetero) is 1. The number of imidazole rings is 1. The van der Waals surface area contributed by atoms with E-state index >= 15 is 0 Å². The van der Waals surface area contributed by atoms with Gasteiger partial charge in [0.15, 0.2) is 5.78 Å². The number of ketones is 1. The molecule has 1 aromatic heterocycles. The second-order valence-corrected chi connectivity index (χ2v) is 8.10. The molecule has 0 aliphatic rings. The van der Waals surface area contributed by atoms with Crippen LogP contribution in [0.15, 0.2) is 61.1 Å². The minimum absolute atomic E-state index is 0.280. The van der Waals surface area contributed by atoms with E-state index in [0.717, 1.165) is 11.3 Å². The van der Waals surface area contributed by atoms with Crippen LogP contribution in [-0.4, -0.2) is 62.6 Å². The zero-order chi connectivity index (χ0) is 26.1. The maximum Gasteiger partial charge on any atom is 0.251 e. The van der Waals surface area contributed by atoms with Gasteiger partial charge in [-0.2, -0.15) is 0 Å². The van der Waals surface area contributed by atoms with Crippen LogP contribution >= 0.6 is 0 Å². The van der Waals surface area contributed by atoms with E-state index in [1.54, 1.807) is 54.7 Å². The molecule has 1 heterocycles. The summed E-state index contributed by atoms with van der Waals surface area (Å²) < 4.78 is 0. The number of aliphatic hydroxyl groups is 2. The van der Waals surface area contributed by atoms with Crippen LogP contribution in [0.1, 0.15) is 34.1 Å². The molecule has 0 radical (unpaired) electrons.